The number of aromatic nitrogens is 3. The van der Waals surface area contributed by atoms with Crippen molar-refractivity contribution >= 4 is 27.4 Å². The molecule has 0 amide bonds. The highest BCUT2D eigenvalue weighted by molar-refractivity contribution is 9.10. The summed E-state index contributed by atoms with van der Waals surface area (Å²) in [6.07, 6.45) is 4.78. The topological polar surface area (TPSA) is 62.5 Å². The van der Waals surface area contributed by atoms with Crippen molar-refractivity contribution in [3.63, 3.8) is 0 Å². The van der Waals surface area contributed by atoms with Gasteiger partial charge in [0.1, 0.15) is 5.82 Å². The molecule has 0 radical (unpaired) electrons. The fourth-order valence-corrected chi connectivity index (χ4v) is 2.23. The maximum atomic E-state index is 9.89. The molecule has 0 aromatic carbocycles. The molecule has 0 saturated carbocycles. The SMILES string of the molecule is CCC(O)C(CC)Nc1ccn2ncc(Br)c2n1. The normalized spacial score (nSPS) is 14.7. The lowest BCUT2D eigenvalue weighted by Crippen LogP contribution is -2.32. The van der Waals surface area contributed by atoms with E-state index in [-0.39, 0.29) is 12.1 Å². The van der Waals surface area contributed by atoms with Crippen molar-refractivity contribution in [2.45, 2.75) is 38.8 Å². The first-order valence-corrected chi connectivity index (χ1v) is 6.89. The number of anilines is 1. The molecule has 2 aromatic rings. The van der Waals surface area contributed by atoms with Crippen LogP contribution < -0.4 is 5.32 Å². The van der Waals surface area contributed by atoms with Crippen LogP contribution in [0.1, 0.15) is 26.7 Å². The van der Waals surface area contributed by atoms with Crippen LogP contribution in [0, 0.1) is 0 Å². The second kappa shape index (κ2) is 5.67. The first kappa shape index (κ1) is 13.3. The van der Waals surface area contributed by atoms with Gasteiger partial charge in [-0.15, -0.1) is 0 Å². The number of fused-ring (bicyclic) bond motifs is 1. The van der Waals surface area contributed by atoms with E-state index in [2.05, 4.69) is 31.3 Å². The van der Waals surface area contributed by atoms with E-state index >= 15 is 0 Å². The molecule has 0 aliphatic heterocycles. The second-order valence-corrected chi connectivity index (χ2v) is 5.06. The van der Waals surface area contributed by atoms with Gasteiger partial charge in [-0.2, -0.15) is 5.10 Å². The standard InChI is InChI=1S/C12H17BrN4O/c1-3-9(10(18)4-2)15-11-5-6-17-12(16-11)8(13)7-14-17/h5-7,9-10,18H,3-4H2,1-2H3,(H,15,16). The maximum absolute atomic E-state index is 9.89. The van der Waals surface area contributed by atoms with Crippen molar-refractivity contribution in [1.29, 1.82) is 0 Å². The van der Waals surface area contributed by atoms with Gasteiger partial charge in [0.05, 0.1) is 22.8 Å². The molecule has 5 nitrogen and oxygen atoms in total. The summed E-state index contributed by atoms with van der Waals surface area (Å²) in [7, 11) is 0. The van der Waals surface area contributed by atoms with Crippen LogP contribution in [0.25, 0.3) is 5.65 Å². The maximum Gasteiger partial charge on any atom is 0.171 e. The number of halogens is 1. The number of hydrogen-bond acceptors (Lipinski definition) is 4. The smallest absolute Gasteiger partial charge is 0.171 e. The molecule has 0 fully saturated rings. The molecule has 98 valence electrons. The minimum atomic E-state index is -0.360. The van der Waals surface area contributed by atoms with E-state index in [9.17, 15) is 5.11 Å². The van der Waals surface area contributed by atoms with Gasteiger partial charge in [-0.3, -0.25) is 0 Å². The van der Waals surface area contributed by atoms with Crippen LogP contribution in [-0.4, -0.2) is 31.9 Å². The summed E-state index contributed by atoms with van der Waals surface area (Å²) in [5.41, 5.74) is 0.765. The molecule has 0 aliphatic carbocycles. The molecule has 2 aromatic heterocycles. The van der Waals surface area contributed by atoms with E-state index in [4.69, 9.17) is 0 Å². The Morgan fingerprint density at radius 2 is 2.22 bits per heavy atom. The molecule has 2 unspecified atom stereocenters. The summed E-state index contributed by atoms with van der Waals surface area (Å²) in [5.74, 6) is 0.753. The van der Waals surface area contributed by atoms with Crippen molar-refractivity contribution in [3.8, 4) is 0 Å². The number of nitrogens with zero attached hydrogens (tertiary/aromatic N) is 3. The van der Waals surface area contributed by atoms with Gasteiger partial charge in [0.15, 0.2) is 5.65 Å². The summed E-state index contributed by atoms with van der Waals surface area (Å²) >= 11 is 3.40. The summed E-state index contributed by atoms with van der Waals surface area (Å²) in [5, 5.41) is 17.3. The van der Waals surface area contributed by atoms with Crippen LogP contribution in [0.3, 0.4) is 0 Å². The van der Waals surface area contributed by atoms with Crippen molar-refractivity contribution in [3.05, 3.63) is 22.9 Å². The third kappa shape index (κ3) is 2.64. The van der Waals surface area contributed by atoms with Crippen LogP contribution in [-0.2, 0) is 0 Å². The predicted molar refractivity (Wildman–Crippen MR) is 74.7 cm³/mol. The first-order chi connectivity index (χ1) is 8.65. The lowest BCUT2D eigenvalue weighted by molar-refractivity contribution is 0.146. The second-order valence-electron chi connectivity index (χ2n) is 4.21. The van der Waals surface area contributed by atoms with Gasteiger partial charge < -0.3 is 10.4 Å². The van der Waals surface area contributed by atoms with Gasteiger partial charge in [0.25, 0.3) is 0 Å². The van der Waals surface area contributed by atoms with Crippen LogP contribution in [0.4, 0.5) is 5.82 Å². The van der Waals surface area contributed by atoms with Crippen molar-refractivity contribution in [2.75, 3.05) is 5.32 Å². The van der Waals surface area contributed by atoms with Crippen LogP contribution in [0.15, 0.2) is 22.9 Å². The summed E-state index contributed by atoms with van der Waals surface area (Å²) in [6.45, 7) is 4.02. The van der Waals surface area contributed by atoms with E-state index in [1.807, 2.05) is 26.1 Å². The van der Waals surface area contributed by atoms with Crippen molar-refractivity contribution in [2.24, 2.45) is 0 Å². The van der Waals surface area contributed by atoms with Gasteiger partial charge in [0, 0.05) is 6.20 Å². The fourth-order valence-electron chi connectivity index (χ4n) is 1.87. The van der Waals surface area contributed by atoms with E-state index in [0.717, 1.165) is 28.8 Å². The largest absolute Gasteiger partial charge is 0.391 e. The molecular formula is C12H17BrN4O. The Morgan fingerprint density at radius 3 is 2.89 bits per heavy atom. The molecule has 2 rings (SSSR count). The van der Waals surface area contributed by atoms with E-state index < -0.39 is 0 Å². The molecule has 0 saturated heterocycles. The predicted octanol–water partition coefficient (Wildman–Crippen LogP) is 2.45. The Balaban J connectivity index is 2.22. The molecule has 0 spiro atoms. The van der Waals surface area contributed by atoms with Crippen LogP contribution in [0.5, 0.6) is 0 Å². The first-order valence-electron chi connectivity index (χ1n) is 6.10. The molecule has 2 atom stereocenters. The molecule has 18 heavy (non-hydrogen) atoms. The zero-order valence-electron chi connectivity index (χ0n) is 10.5. The molecule has 2 heterocycles. The lowest BCUT2D eigenvalue weighted by Gasteiger charge is -2.22. The van der Waals surface area contributed by atoms with E-state index in [1.165, 1.54) is 0 Å². The molecule has 6 heteroatoms. The highest BCUT2D eigenvalue weighted by atomic mass is 79.9. The van der Waals surface area contributed by atoms with Crippen LogP contribution >= 0.6 is 15.9 Å². The highest BCUT2D eigenvalue weighted by Crippen LogP contribution is 2.18. The van der Waals surface area contributed by atoms with E-state index in [1.54, 1.807) is 10.7 Å². The van der Waals surface area contributed by atoms with Gasteiger partial charge in [0.2, 0.25) is 0 Å². The van der Waals surface area contributed by atoms with Gasteiger partial charge in [-0.25, -0.2) is 9.50 Å². The Labute approximate surface area is 114 Å². The van der Waals surface area contributed by atoms with Crippen molar-refractivity contribution < 1.29 is 5.11 Å². The number of rotatable bonds is 5. The quantitative estimate of drug-likeness (QED) is 0.890. The average molecular weight is 313 g/mol. The summed E-state index contributed by atoms with van der Waals surface area (Å²) in [6, 6.07) is 1.88. The minimum absolute atomic E-state index is 0.0200. The Hall–Kier alpha value is -1.14. The van der Waals surface area contributed by atoms with Gasteiger partial charge >= 0.3 is 0 Å². The zero-order chi connectivity index (χ0) is 13.1. The highest BCUT2D eigenvalue weighted by Gasteiger charge is 2.16. The Kier molecular flexibility index (Phi) is 4.19. The lowest BCUT2D eigenvalue weighted by atomic mass is 10.1. The fraction of sp³-hybridized carbons (Fsp3) is 0.500. The van der Waals surface area contributed by atoms with Gasteiger partial charge in [-0.05, 0) is 34.8 Å². The molecular weight excluding hydrogens is 296 g/mol. The monoisotopic (exact) mass is 312 g/mol. The number of nitrogens with one attached hydrogen (secondary N) is 1. The number of hydrogen-bond donors (Lipinski definition) is 2. The van der Waals surface area contributed by atoms with E-state index in [0.29, 0.717) is 0 Å². The van der Waals surface area contributed by atoms with Gasteiger partial charge in [-0.1, -0.05) is 13.8 Å². The van der Waals surface area contributed by atoms with Crippen molar-refractivity contribution in [1.82, 2.24) is 14.6 Å². The average Bonchev–Trinajstić information content (AvgIpc) is 2.76. The third-order valence-electron chi connectivity index (χ3n) is 2.98. The van der Waals surface area contributed by atoms with Crippen LogP contribution in [0.2, 0.25) is 0 Å². The summed E-state index contributed by atoms with van der Waals surface area (Å²) < 4.78 is 2.56. The summed E-state index contributed by atoms with van der Waals surface area (Å²) in [4.78, 5) is 4.47. The Morgan fingerprint density at radius 1 is 1.44 bits per heavy atom. The number of aliphatic hydroxyl groups is 1. The zero-order valence-corrected chi connectivity index (χ0v) is 12.1. The molecule has 0 aliphatic rings. The molecule has 2 N–H and O–H groups in total. The number of aliphatic hydroxyl groups excluding tert-OH is 1. The molecule has 0 bridgehead atoms. The third-order valence-corrected chi connectivity index (χ3v) is 3.54. The minimum Gasteiger partial charge on any atom is -0.391 e. The Bertz CT molecular complexity index is 528.